The van der Waals surface area contributed by atoms with Crippen LogP contribution in [-0.2, 0) is 12.8 Å². The summed E-state index contributed by atoms with van der Waals surface area (Å²) in [5.74, 6) is 0.415. The Balaban J connectivity index is 1.69. The minimum Gasteiger partial charge on any atom is -0.448 e. The lowest BCUT2D eigenvalue weighted by Crippen LogP contribution is -2.37. The fraction of sp³-hybridized carbons (Fsp3) is 0.316. The number of nitrogens with one attached hydrogen (secondary N) is 1. The topological polar surface area (TPSA) is 73.0 Å². The Hall–Kier alpha value is -2.89. The third-order valence-electron chi connectivity index (χ3n) is 4.86. The molecule has 0 unspecified atom stereocenters. The molecule has 6 heteroatoms. The number of aromatic nitrogens is 3. The van der Waals surface area contributed by atoms with E-state index in [1.807, 2.05) is 31.6 Å². The normalized spacial score (nSPS) is 19.4. The van der Waals surface area contributed by atoms with Gasteiger partial charge in [-0.2, -0.15) is 0 Å². The zero-order valence-electron chi connectivity index (χ0n) is 14.1. The average Bonchev–Trinajstić information content (AvgIpc) is 3.33. The van der Waals surface area contributed by atoms with Crippen LogP contribution in [0.25, 0.3) is 0 Å². The molecule has 1 aromatic carbocycles. The Morgan fingerprint density at radius 3 is 3.08 bits per heavy atom. The van der Waals surface area contributed by atoms with E-state index in [-0.39, 0.29) is 18.0 Å². The number of fused-ring (bicyclic) bond motifs is 1. The summed E-state index contributed by atoms with van der Waals surface area (Å²) in [4.78, 5) is 21.1. The van der Waals surface area contributed by atoms with E-state index in [1.54, 1.807) is 6.20 Å². The van der Waals surface area contributed by atoms with E-state index < -0.39 is 0 Å². The molecule has 0 saturated carbocycles. The number of imidazole rings is 1. The fourth-order valence-electron chi connectivity index (χ4n) is 3.62. The number of amides is 1. The molecule has 1 aliphatic rings. The van der Waals surface area contributed by atoms with Crippen molar-refractivity contribution in [3.8, 4) is 0 Å². The fourth-order valence-corrected chi connectivity index (χ4v) is 3.62. The molecule has 25 heavy (non-hydrogen) atoms. The number of nitrogens with zero attached hydrogens (tertiary/aromatic N) is 3. The number of hydrogen-bond acceptors (Lipinski definition) is 4. The molecule has 2 aromatic heterocycles. The molecule has 2 heterocycles. The lowest BCUT2D eigenvalue weighted by molar-refractivity contribution is 0.0911. The molecule has 1 N–H and O–H groups in total. The van der Waals surface area contributed by atoms with Crippen molar-refractivity contribution in [3.63, 3.8) is 0 Å². The summed E-state index contributed by atoms with van der Waals surface area (Å²) >= 11 is 0. The van der Waals surface area contributed by atoms with Crippen LogP contribution >= 0.6 is 0 Å². The van der Waals surface area contributed by atoms with E-state index in [2.05, 4.69) is 32.0 Å². The monoisotopic (exact) mass is 336 g/mol. The van der Waals surface area contributed by atoms with Crippen molar-refractivity contribution in [1.29, 1.82) is 0 Å². The summed E-state index contributed by atoms with van der Waals surface area (Å²) in [6.45, 7) is 1.95. The van der Waals surface area contributed by atoms with Crippen molar-refractivity contribution in [3.05, 3.63) is 72.0 Å². The van der Waals surface area contributed by atoms with Crippen LogP contribution in [0.2, 0.25) is 0 Å². The molecule has 1 amide bonds. The van der Waals surface area contributed by atoms with Crippen molar-refractivity contribution >= 4 is 5.91 Å². The van der Waals surface area contributed by atoms with Gasteiger partial charge in [0.2, 0.25) is 0 Å². The molecule has 0 saturated heterocycles. The first-order chi connectivity index (χ1) is 12.3. The largest absolute Gasteiger partial charge is 0.448 e. The molecule has 3 aromatic rings. The number of carbonyl (C=O) groups excluding carboxylic acids is 1. The second-order valence-corrected chi connectivity index (χ2v) is 6.24. The highest BCUT2D eigenvalue weighted by Gasteiger charge is 2.32. The number of aryl methyl sites for hydroxylation is 2. The van der Waals surface area contributed by atoms with Gasteiger partial charge < -0.3 is 14.3 Å². The SMILES string of the molecule is CCc1ocnc1C(=O)N[C@@H]1c2ccccc2CC[C@H]1n1ccnc1. The second-order valence-electron chi connectivity index (χ2n) is 6.24. The number of carbonyl (C=O) groups is 1. The first kappa shape index (κ1) is 15.6. The molecule has 1 aliphatic carbocycles. The van der Waals surface area contributed by atoms with Crippen molar-refractivity contribution in [2.45, 2.75) is 38.3 Å². The Morgan fingerprint density at radius 1 is 1.40 bits per heavy atom. The van der Waals surface area contributed by atoms with E-state index in [1.165, 1.54) is 12.0 Å². The highest BCUT2D eigenvalue weighted by molar-refractivity contribution is 5.93. The van der Waals surface area contributed by atoms with Gasteiger partial charge in [0.25, 0.3) is 5.91 Å². The van der Waals surface area contributed by atoms with Gasteiger partial charge in [0.15, 0.2) is 12.1 Å². The van der Waals surface area contributed by atoms with Crippen molar-refractivity contribution in [1.82, 2.24) is 19.9 Å². The Morgan fingerprint density at radius 2 is 2.28 bits per heavy atom. The maximum atomic E-state index is 12.8. The van der Waals surface area contributed by atoms with Gasteiger partial charge >= 0.3 is 0 Å². The van der Waals surface area contributed by atoms with Crippen molar-refractivity contribution in [2.75, 3.05) is 0 Å². The van der Waals surface area contributed by atoms with Gasteiger partial charge in [-0.3, -0.25) is 4.79 Å². The molecular weight excluding hydrogens is 316 g/mol. The van der Waals surface area contributed by atoms with Gasteiger partial charge in [0, 0.05) is 18.8 Å². The average molecular weight is 336 g/mol. The molecule has 2 atom stereocenters. The van der Waals surface area contributed by atoms with E-state index in [4.69, 9.17) is 4.42 Å². The lowest BCUT2D eigenvalue weighted by atomic mass is 9.83. The summed E-state index contributed by atoms with van der Waals surface area (Å²) in [6.07, 6.45) is 9.42. The molecule has 0 bridgehead atoms. The van der Waals surface area contributed by atoms with E-state index in [0.29, 0.717) is 17.9 Å². The number of oxazole rings is 1. The smallest absolute Gasteiger partial charge is 0.274 e. The van der Waals surface area contributed by atoms with E-state index >= 15 is 0 Å². The summed E-state index contributed by atoms with van der Waals surface area (Å²) in [5.41, 5.74) is 2.80. The predicted molar refractivity (Wildman–Crippen MR) is 92.1 cm³/mol. The zero-order valence-corrected chi connectivity index (χ0v) is 14.1. The quantitative estimate of drug-likeness (QED) is 0.794. The minimum atomic E-state index is -0.197. The molecule has 0 spiro atoms. The Bertz CT molecular complexity index is 869. The van der Waals surface area contributed by atoms with Gasteiger partial charge in [-0.05, 0) is 24.0 Å². The molecule has 0 aliphatic heterocycles. The van der Waals surface area contributed by atoms with Crippen LogP contribution in [0.15, 0.2) is 53.8 Å². The lowest BCUT2D eigenvalue weighted by Gasteiger charge is -2.34. The zero-order chi connectivity index (χ0) is 17.2. The van der Waals surface area contributed by atoms with Gasteiger partial charge in [-0.15, -0.1) is 0 Å². The summed E-state index contributed by atoms with van der Waals surface area (Å²) in [5, 5.41) is 3.18. The predicted octanol–water partition coefficient (Wildman–Crippen LogP) is 3.09. The summed E-state index contributed by atoms with van der Waals surface area (Å²) in [6, 6.07) is 8.27. The van der Waals surface area contributed by atoms with Gasteiger partial charge in [-0.1, -0.05) is 31.2 Å². The van der Waals surface area contributed by atoms with Crippen LogP contribution in [0.4, 0.5) is 0 Å². The maximum Gasteiger partial charge on any atom is 0.274 e. The third kappa shape index (κ3) is 2.84. The van der Waals surface area contributed by atoms with Gasteiger partial charge in [0.05, 0.1) is 18.4 Å². The van der Waals surface area contributed by atoms with Crippen LogP contribution < -0.4 is 5.32 Å². The number of rotatable bonds is 4. The molecule has 4 rings (SSSR count). The Kier molecular flexibility index (Phi) is 4.09. The van der Waals surface area contributed by atoms with Crippen LogP contribution in [-0.4, -0.2) is 20.4 Å². The van der Waals surface area contributed by atoms with Gasteiger partial charge in [0.1, 0.15) is 5.76 Å². The summed E-state index contributed by atoms with van der Waals surface area (Å²) in [7, 11) is 0. The van der Waals surface area contributed by atoms with Gasteiger partial charge in [-0.25, -0.2) is 9.97 Å². The van der Waals surface area contributed by atoms with Crippen molar-refractivity contribution < 1.29 is 9.21 Å². The van der Waals surface area contributed by atoms with Crippen LogP contribution in [0.3, 0.4) is 0 Å². The van der Waals surface area contributed by atoms with E-state index in [9.17, 15) is 4.79 Å². The Labute approximate surface area is 145 Å². The van der Waals surface area contributed by atoms with Crippen LogP contribution in [0.1, 0.15) is 52.8 Å². The van der Waals surface area contributed by atoms with Crippen molar-refractivity contribution in [2.24, 2.45) is 0 Å². The molecule has 0 radical (unpaired) electrons. The molecule has 6 nitrogen and oxygen atoms in total. The molecular formula is C19H20N4O2. The van der Waals surface area contributed by atoms with Crippen LogP contribution in [0.5, 0.6) is 0 Å². The molecule has 0 fully saturated rings. The second kappa shape index (κ2) is 6.55. The van der Waals surface area contributed by atoms with Crippen LogP contribution in [0, 0.1) is 0 Å². The third-order valence-corrected chi connectivity index (χ3v) is 4.86. The standard InChI is InChI=1S/C19H20N4O2/c1-2-16-18(21-12-25-16)19(24)22-17-14-6-4-3-5-13(14)7-8-15(17)23-10-9-20-11-23/h3-6,9-12,15,17H,2,7-8H2,1H3,(H,22,24)/t15-,17-/m1/s1. The first-order valence-electron chi connectivity index (χ1n) is 8.56. The first-order valence-corrected chi connectivity index (χ1v) is 8.56. The highest BCUT2D eigenvalue weighted by Crippen LogP contribution is 2.37. The van der Waals surface area contributed by atoms with E-state index in [0.717, 1.165) is 18.4 Å². The highest BCUT2D eigenvalue weighted by atomic mass is 16.3. The molecule has 128 valence electrons. The number of benzene rings is 1. The maximum absolute atomic E-state index is 12.8. The number of hydrogen-bond donors (Lipinski definition) is 1. The minimum absolute atomic E-state index is 0.123. The summed E-state index contributed by atoms with van der Waals surface area (Å²) < 4.78 is 7.38.